The van der Waals surface area contributed by atoms with Gasteiger partial charge in [0.2, 0.25) is 0 Å². The summed E-state index contributed by atoms with van der Waals surface area (Å²) >= 11 is 0. The Bertz CT molecular complexity index is 1090. The highest BCUT2D eigenvalue weighted by Gasteiger charge is 2.21. The van der Waals surface area contributed by atoms with Gasteiger partial charge >= 0.3 is 0 Å². The molecule has 0 unspecified atom stereocenters. The molecule has 0 aliphatic rings. The first-order valence-electron chi connectivity index (χ1n) is 9.90. The summed E-state index contributed by atoms with van der Waals surface area (Å²) in [6, 6.07) is 13.0. The predicted molar refractivity (Wildman–Crippen MR) is 113 cm³/mol. The second kappa shape index (κ2) is 7.86. The van der Waals surface area contributed by atoms with Crippen LogP contribution < -0.4 is 0 Å². The maximum absolute atomic E-state index is 13.2. The van der Waals surface area contributed by atoms with E-state index < -0.39 is 0 Å². The van der Waals surface area contributed by atoms with E-state index >= 15 is 0 Å². The molecule has 0 amide bonds. The lowest BCUT2D eigenvalue weighted by molar-refractivity contribution is 0.622. The molecule has 0 aliphatic heterocycles. The molecule has 0 N–H and O–H groups in total. The van der Waals surface area contributed by atoms with Crippen LogP contribution in [0.5, 0.6) is 0 Å². The normalized spacial score (nSPS) is 11.3. The Morgan fingerprint density at radius 3 is 1.27 bits per heavy atom. The minimum atomic E-state index is -0.243. The molecule has 0 atom stereocenters. The standard InChI is InChI=1S/C24H24F2N4/c1-15-23(17(3)29(27-15)13-19-5-9-21(25)10-6-19)24-16(2)28-30(18(24)4)14-20-7-11-22(26)12-8-20/h5-12H,13-14H2,1-4H3. The summed E-state index contributed by atoms with van der Waals surface area (Å²) in [7, 11) is 0. The first-order valence-corrected chi connectivity index (χ1v) is 9.90. The molecule has 0 radical (unpaired) electrons. The fourth-order valence-corrected chi connectivity index (χ4v) is 3.95. The molecule has 4 nitrogen and oxygen atoms in total. The number of aryl methyl sites for hydroxylation is 2. The SMILES string of the molecule is Cc1nn(Cc2ccc(F)cc2)c(C)c1-c1c(C)nn(Cc2ccc(F)cc2)c1C. The van der Waals surface area contributed by atoms with Crippen molar-refractivity contribution in [1.82, 2.24) is 19.6 Å². The van der Waals surface area contributed by atoms with Crippen molar-refractivity contribution in [1.29, 1.82) is 0 Å². The van der Waals surface area contributed by atoms with Gasteiger partial charge in [0.25, 0.3) is 0 Å². The Hall–Kier alpha value is -3.28. The van der Waals surface area contributed by atoms with E-state index in [0.717, 1.165) is 45.0 Å². The third-order valence-electron chi connectivity index (χ3n) is 5.50. The Labute approximate surface area is 174 Å². The number of hydrogen-bond acceptors (Lipinski definition) is 2. The van der Waals surface area contributed by atoms with E-state index in [-0.39, 0.29) is 11.6 Å². The van der Waals surface area contributed by atoms with Crippen molar-refractivity contribution < 1.29 is 8.78 Å². The Morgan fingerprint density at radius 1 is 0.600 bits per heavy atom. The second-order valence-electron chi connectivity index (χ2n) is 7.66. The number of aromatic nitrogens is 4. The van der Waals surface area contributed by atoms with Crippen LogP contribution in [0.3, 0.4) is 0 Å². The maximum atomic E-state index is 13.2. The lowest BCUT2D eigenvalue weighted by Crippen LogP contribution is -2.04. The highest BCUT2D eigenvalue weighted by Crippen LogP contribution is 2.33. The molecule has 0 bridgehead atoms. The highest BCUT2D eigenvalue weighted by molar-refractivity contribution is 5.73. The van der Waals surface area contributed by atoms with Gasteiger partial charge in [0, 0.05) is 22.5 Å². The van der Waals surface area contributed by atoms with E-state index in [1.165, 1.54) is 24.3 Å². The molecule has 0 saturated carbocycles. The summed E-state index contributed by atoms with van der Waals surface area (Å²) in [5, 5.41) is 9.47. The van der Waals surface area contributed by atoms with Crippen molar-refractivity contribution in [3.05, 3.63) is 94.1 Å². The zero-order valence-electron chi connectivity index (χ0n) is 17.6. The van der Waals surface area contributed by atoms with Crippen LogP contribution >= 0.6 is 0 Å². The van der Waals surface area contributed by atoms with Crippen molar-refractivity contribution in [2.24, 2.45) is 0 Å². The molecule has 0 aliphatic carbocycles. The van der Waals surface area contributed by atoms with Crippen LogP contribution in [0, 0.1) is 39.3 Å². The monoisotopic (exact) mass is 406 g/mol. The fraction of sp³-hybridized carbons (Fsp3) is 0.250. The van der Waals surface area contributed by atoms with E-state index in [2.05, 4.69) is 13.8 Å². The summed E-state index contributed by atoms with van der Waals surface area (Å²) in [5.41, 5.74) is 8.11. The zero-order chi connectivity index (χ0) is 21.4. The van der Waals surface area contributed by atoms with E-state index in [1.807, 2.05) is 23.2 Å². The molecule has 2 heterocycles. The largest absolute Gasteiger partial charge is 0.265 e. The van der Waals surface area contributed by atoms with E-state index in [4.69, 9.17) is 10.2 Å². The van der Waals surface area contributed by atoms with Gasteiger partial charge in [-0.25, -0.2) is 8.78 Å². The lowest BCUT2D eigenvalue weighted by atomic mass is 10.0. The summed E-state index contributed by atoms with van der Waals surface area (Å²) < 4.78 is 30.3. The molecular formula is C24H24F2N4. The predicted octanol–water partition coefficient (Wildman–Crippen LogP) is 5.36. The molecule has 2 aromatic heterocycles. The first-order chi connectivity index (χ1) is 14.3. The van der Waals surface area contributed by atoms with Crippen LogP contribution in [0.15, 0.2) is 48.5 Å². The smallest absolute Gasteiger partial charge is 0.123 e. The maximum Gasteiger partial charge on any atom is 0.123 e. The number of halogens is 2. The Balaban J connectivity index is 1.68. The molecule has 2 aromatic carbocycles. The van der Waals surface area contributed by atoms with Gasteiger partial charge in [0.1, 0.15) is 11.6 Å². The molecule has 4 aromatic rings. The number of hydrogen-bond donors (Lipinski definition) is 0. The van der Waals surface area contributed by atoms with Crippen molar-refractivity contribution in [3.63, 3.8) is 0 Å². The molecule has 6 heteroatoms. The topological polar surface area (TPSA) is 35.6 Å². The van der Waals surface area contributed by atoms with E-state index in [1.54, 1.807) is 24.3 Å². The highest BCUT2D eigenvalue weighted by atomic mass is 19.1. The molecule has 4 rings (SSSR count). The summed E-state index contributed by atoms with van der Waals surface area (Å²) in [4.78, 5) is 0. The third kappa shape index (κ3) is 3.77. The summed E-state index contributed by atoms with van der Waals surface area (Å²) in [6.07, 6.45) is 0. The molecular weight excluding hydrogens is 382 g/mol. The van der Waals surface area contributed by atoms with Crippen LogP contribution in [0.4, 0.5) is 8.78 Å². The van der Waals surface area contributed by atoms with Gasteiger partial charge in [-0.1, -0.05) is 24.3 Å². The van der Waals surface area contributed by atoms with Crippen molar-refractivity contribution in [2.45, 2.75) is 40.8 Å². The molecule has 154 valence electrons. The second-order valence-corrected chi connectivity index (χ2v) is 7.66. The zero-order valence-corrected chi connectivity index (χ0v) is 17.6. The quantitative estimate of drug-likeness (QED) is 0.448. The van der Waals surface area contributed by atoms with Gasteiger partial charge in [-0.05, 0) is 63.1 Å². The number of rotatable bonds is 5. The van der Waals surface area contributed by atoms with Crippen LogP contribution in [0.1, 0.15) is 33.9 Å². The summed E-state index contributed by atoms with van der Waals surface area (Å²) in [5.74, 6) is -0.486. The van der Waals surface area contributed by atoms with Crippen molar-refractivity contribution in [3.8, 4) is 11.1 Å². The van der Waals surface area contributed by atoms with Gasteiger partial charge < -0.3 is 0 Å². The van der Waals surface area contributed by atoms with Gasteiger partial charge in [-0.3, -0.25) is 9.36 Å². The first kappa shape index (κ1) is 20.0. The number of nitrogens with zero attached hydrogens (tertiary/aromatic N) is 4. The van der Waals surface area contributed by atoms with Gasteiger partial charge in [-0.15, -0.1) is 0 Å². The minimum Gasteiger partial charge on any atom is -0.265 e. The van der Waals surface area contributed by atoms with Crippen LogP contribution in [0.2, 0.25) is 0 Å². The van der Waals surface area contributed by atoms with E-state index in [0.29, 0.717) is 13.1 Å². The molecule has 0 saturated heterocycles. The van der Waals surface area contributed by atoms with Crippen LogP contribution in [-0.2, 0) is 13.1 Å². The molecule has 0 spiro atoms. The van der Waals surface area contributed by atoms with Crippen LogP contribution in [0.25, 0.3) is 11.1 Å². The van der Waals surface area contributed by atoms with Gasteiger partial charge in [-0.2, -0.15) is 10.2 Å². The molecule has 0 fully saturated rings. The lowest BCUT2D eigenvalue weighted by Gasteiger charge is -2.08. The summed E-state index contributed by atoms with van der Waals surface area (Å²) in [6.45, 7) is 9.26. The molecule has 30 heavy (non-hydrogen) atoms. The van der Waals surface area contributed by atoms with Crippen LogP contribution in [-0.4, -0.2) is 19.6 Å². The van der Waals surface area contributed by atoms with Gasteiger partial charge in [0.15, 0.2) is 0 Å². The van der Waals surface area contributed by atoms with Crippen molar-refractivity contribution in [2.75, 3.05) is 0 Å². The average Bonchev–Trinajstić information content (AvgIpc) is 3.13. The number of benzene rings is 2. The van der Waals surface area contributed by atoms with Crippen molar-refractivity contribution >= 4 is 0 Å². The minimum absolute atomic E-state index is 0.243. The Morgan fingerprint density at radius 2 is 0.933 bits per heavy atom. The Kier molecular flexibility index (Phi) is 5.24. The van der Waals surface area contributed by atoms with E-state index in [9.17, 15) is 8.78 Å². The van der Waals surface area contributed by atoms with Gasteiger partial charge in [0.05, 0.1) is 24.5 Å². The third-order valence-corrected chi connectivity index (χ3v) is 5.50. The fourth-order valence-electron chi connectivity index (χ4n) is 3.95. The average molecular weight is 406 g/mol.